The Bertz CT molecular complexity index is 7690. The van der Waals surface area contributed by atoms with Crippen LogP contribution in [0.4, 0.5) is 0 Å². The molecule has 678 valence electrons. The van der Waals surface area contributed by atoms with Crippen LogP contribution in [0.25, 0.3) is 154 Å². The zero-order valence-electron chi connectivity index (χ0n) is 95.2. The zero-order chi connectivity index (χ0) is 104. The number of aromatic nitrogens is 4. The number of benzene rings is 14. The van der Waals surface area contributed by atoms with Crippen LogP contribution in [0, 0.1) is 5.92 Å². The molecule has 18 rings (SSSR count). The van der Waals surface area contributed by atoms with Gasteiger partial charge in [-0.25, -0.2) is 0 Å². The van der Waals surface area contributed by atoms with Crippen molar-refractivity contribution in [3.05, 3.63) is 334 Å². The van der Waals surface area contributed by atoms with Crippen molar-refractivity contribution in [2.75, 3.05) is 0 Å². The standard InChI is InChI=1S/C70H84N2.C54H52N2.C4H10/c1-64(2,3)47-26-29-59-56(41-47)57-42-48(65(4,5)6)27-30-60(57)72(59)61-31-28-55-54-24-22-23-25-58(54)71(63(55)62(61)70(19,20)21)53-37-43(45-33-49(66(7,8)9)39-50(34-45)67(10,11)12)32-44(38-53)46-35-51(68(13,14)15)40-52(36-46)69(16,17)18;1-52(2,3)39-24-27-47-44(33-39)45-34-40(53(4,5)6)25-28-48(45)56(47)49-29-26-43-42-22-16-17-23-46(42)55(51(43)50(49)54(7,8)9)41-31-37(35-18-12-10-13-19-35)30-38(32-41)36-20-14-11-15-21-36;1-4(2)3/h22-42H,1-21H3;10-34H,1-9H3;4H,1-3H3/i;10D,11D,12D,13D,14D,15D,18D,19D,20D,21D;. The van der Waals surface area contributed by atoms with Gasteiger partial charge in [0.2, 0.25) is 0 Å². The molecule has 14 aromatic carbocycles. The van der Waals surface area contributed by atoms with Gasteiger partial charge in [-0.2, -0.15) is 0 Å². The van der Waals surface area contributed by atoms with Gasteiger partial charge in [0, 0.05) is 65.6 Å². The van der Waals surface area contributed by atoms with Gasteiger partial charge in [0.25, 0.3) is 0 Å². The molecule has 0 saturated carbocycles. The largest absolute Gasteiger partial charge is 0.309 e. The Labute approximate surface area is 804 Å². The van der Waals surface area contributed by atoms with Crippen molar-refractivity contribution in [1.82, 2.24) is 18.3 Å². The lowest BCUT2D eigenvalue weighted by molar-refractivity contribution is 0.568. The molecule has 0 aliphatic rings. The molecule has 0 saturated heterocycles. The first-order chi connectivity index (χ1) is 65.7. The van der Waals surface area contributed by atoms with E-state index in [9.17, 15) is 0 Å². The van der Waals surface area contributed by atoms with E-state index >= 15 is 0 Å². The van der Waals surface area contributed by atoms with Gasteiger partial charge in [-0.15, -0.1) is 0 Å². The van der Waals surface area contributed by atoms with Crippen LogP contribution in [0.3, 0.4) is 0 Å². The molecular formula is C128H146N4. The fraction of sp³-hybridized carbons (Fsp3) is 0.344. The van der Waals surface area contributed by atoms with E-state index in [1.165, 1.54) is 127 Å². The van der Waals surface area contributed by atoms with Crippen molar-refractivity contribution in [1.29, 1.82) is 0 Å². The average Bonchev–Trinajstić information content (AvgIpc) is 1.55. The molecule has 0 atom stereocenters. The minimum absolute atomic E-state index is 0.0127. The molecule has 0 fully saturated rings. The Kier molecular flexibility index (Phi) is 20.6. The van der Waals surface area contributed by atoms with Crippen molar-refractivity contribution >= 4 is 87.2 Å². The highest BCUT2D eigenvalue weighted by Gasteiger charge is 2.35. The van der Waals surface area contributed by atoms with Crippen molar-refractivity contribution in [2.45, 2.75) is 283 Å². The van der Waals surface area contributed by atoms with E-state index in [1.807, 2.05) is 18.2 Å². The smallest absolute Gasteiger partial charge is 0.0629 e. The molecule has 0 radical (unpaired) electrons. The van der Waals surface area contributed by atoms with Gasteiger partial charge in [-0.05, 0) is 258 Å². The number of hydrogen-bond acceptors (Lipinski definition) is 0. The molecule has 0 spiro atoms. The van der Waals surface area contributed by atoms with E-state index < -0.39 is 65.8 Å². The first-order valence-electron chi connectivity index (χ1n) is 52.8. The molecule has 0 aliphatic heterocycles. The summed E-state index contributed by atoms with van der Waals surface area (Å²) in [5.41, 5.74) is 29.9. The predicted octanol–water partition coefficient (Wildman–Crippen LogP) is 37.1. The summed E-state index contributed by atoms with van der Waals surface area (Å²) in [6, 6.07) is 76.9. The van der Waals surface area contributed by atoms with Gasteiger partial charge in [0.15, 0.2) is 0 Å². The fourth-order valence-electron chi connectivity index (χ4n) is 19.1. The Hall–Kier alpha value is -11.7. The summed E-state index contributed by atoms with van der Waals surface area (Å²) < 4.78 is 97.0. The van der Waals surface area contributed by atoms with Crippen molar-refractivity contribution < 1.29 is 13.7 Å². The van der Waals surface area contributed by atoms with E-state index in [-0.39, 0.29) is 71.0 Å². The lowest BCUT2D eigenvalue weighted by Gasteiger charge is -2.28. The summed E-state index contributed by atoms with van der Waals surface area (Å²) >= 11 is 0. The van der Waals surface area contributed by atoms with Crippen molar-refractivity contribution in [3.8, 4) is 67.3 Å². The van der Waals surface area contributed by atoms with Crippen LogP contribution < -0.4 is 0 Å². The molecule has 4 heteroatoms. The second-order valence-electron chi connectivity index (χ2n) is 48.4. The van der Waals surface area contributed by atoms with E-state index in [2.05, 4.69) is 429 Å². The fourth-order valence-corrected chi connectivity index (χ4v) is 19.1. The molecule has 0 N–H and O–H groups in total. The van der Waals surface area contributed by atoms with Gasteiger partial charge < -0.3 is 18.3 Å². The molecule has 0 bridgehead atoms. The first-order valence-corrected chi connectivity index (χ1v) is 47.8. The van der Waals surface area contributed by atoms with Crippen LogP contribution in [-0.4, -0.2) is 18.3 Å². The van der Waals surface area contributed by atoms with Crippen LogP contribution >= 0.6 is 0 Å². The molecule has 4 nitrogen and oxygen atoms in total. The minimum Gasteiger partial charge on any atom is -0.309 e. The third-order valence-electron chi connectivity index (χ3n) is 26.5. The highest BCUT2D eigenvalue weighted by Crippen LogP contribution is 2.51. The molecular weight excluding hydrogens is 1590 g/mol. The van der Waals surface area contributed by atoms with Gasteiger partial charge in [0.05, 0.1) is 69.2 Å². The molecule has 132 heavy (non-hydrogen) atoms. The van der Waals surface area contributed by atoms with Crippen LogP contribution in [0.5, 0.6) is 0 Å². The highest BCUT2D eigenvalue weighted by molar-refractivity contribution is 6.16. The lowest BCUT2D eigenvalue weighted by Crippen LogP contribution is -2.17. The van der Waals surface area contributed by atoms with Gasteiger partial charge in [0.1, 0.15) is 0 Å². The minimum atomic E-state index is -0.533. The topological polar surface area (TPSA) is 19.7 Å². The summed E-state index contributed by atoms with van der Waals surface area (Å²) in [6.45, 7) is 75.8. The third kappa shape index (κ3) is 18.0. The maximum atomic E-state index is 9.05. The van der Waals surface area contributed by atoms with E-state index in [4.69, 9.17) is 13.7 Å². The maximum Gasteiger partial charge on any atom is 0.0629 e. The van der Waals surface area contributed by atoms with Gasteiger partial charge in [-0.3, -0.25) is 0 Å². The third-order valence-corrected chi connectivity index (χ3v) is 26.5. The zero-order valence-corrected chi connectivity index (χ0v) is 85.2. The second kappa shape index (κ2) is 33.5. The Morgan fingerprint density at radius 2 is 0.432 bits per heavy atom. The van der Waals surface area contributed by atoms with E-state index in [0.29, 0.717) is 5.69 Å². The number of fused-ring (bicyclic) bond motifs is 12. The Balaban J connectivity index is 0.000000197. The quantitative estimate of drug-likeness (QED) is 0.144. The monoisotopic (exact) mass is 1750 g/mol. The SMILES string of the molecule is CC(C)(C)c1cc(-c2cc(-c3cc(C(C)(C)C)cc(C(C)(C)C)c3)cc(-n3c4ccccc4c4ccc(-n5c6ccc(C(C)(C)C)cc6c6cc(C(C)(C)C)ccc65)c(C(C)(C)C)c43)c2)cc(C(C)(C)C)c1.CC(C)C.[2H]c1c([2H])c([2H])c(-c2cc(-c3c([2H])c([2H])c([2H])c([2H])c3[2H])cc(-n3c4ccccc4c4ccc(-n5c6ccc(C(C)(C)C)cc6c6cc(C(C)(C)C)ccc65)c(C(C)(C)C)c43)c2)c([2H])c1[2H]. The van der Waals surface area contributed by atoms with Crippen LogP contribution in [0.15, 0.2) is 279 Å². The van der Waals surface area contributed by atoms with Crippen LogP contribution in [0.1, 0.15) is 298 Å². The van der Waals surface area contributed by atoms with Crippen LogP contribution in [-0.2, 0) is 54.1 Å². The van der Waals surface area contributed by atoms with Crippen molar-refractivity contribution in [2.24, 2.45) is 5.92 Å². The summed E-state index contributed by atoms with van der Waals surface area (Å²) in [5.74, 6) is 0.833. The summed E-state index contributed by atoms with van der Waals surface area (Å²) in [5, 5.41) is 9.36. The molecule has 4 aromatic heterocycles. The normalized spacial score (nSPS) is 14.2. The van der Waals surface area contributed by atoms with Crippen LogP contribution in [0.2, 0.25) is 0 Å². The molecule has 0 amide bonds. The lowest BCUT2D eigenvalue weighted by atomic mass is 9.78. The average molecular weight is 1750 g/mol. The van der Waals surface area contributed by atoms with E-state index in [0.717, 1.165) is 60.8 Å². The summed E-state index contributed by atoms with van der Waals surface area (Å²) in [6.07, 6.45) is 0. The molecule has 18 aromatic rings. The van der Waals surface area contributed by atoms with Crippen molar-refractivity contribution in [3.63, 3.8) is 0 Å². The highest BCUT2D eigenvalue weighted by atomic mass is 15.0. The summed E-state index contributed by atoms with van der Waals surface area (Å²) in [4.78, 5) is 0. The Morgan fingerprint density at radius 1 is 0.197 bits per heavy atom. The van der Waals surface area contributed by atoms with Gasteiger partial charge in [-0.1, -0.05) is 398 Å². The summed E-state index contributed by atoms with van der Waals surface area (Å²) in [7, 11) is 0. The number of rotatable bonds is 8. The van der Waals surface area contributed by atoms with Gasteiger partial charge >= 0.3 is 0 Å². The second-order valence-corrected chi connectivity index (χ2v) is 48.4. The first kappa shape index (κ1) is 81.1. The molecule has 4 heterocycles. The number of nitrogens with zero attached hydrogens (tertiary/aromatic N) is 4. The molecule has 0 aliphatic carbocycles. The maximum absolute atomic E-state index is 9.05. The predicted molar refractivity (Wildman–Crippen MR) is 579 cm³/mol. The van der Waals surface area contributed by atoms with E-state index in [1.54, 1.807) is 18.2 Å². The number of para-hydroxylation sites is 2. The molecule has 0 unspecified atom stereocenters. The Morgan fingerprint density at radius 3 is 0.682 bits per heavy atom. The number of hydrogen-bond donors (Lipinski definition) is 0.